The second-order valence-electron chi connectivity index (χ2n) is 2.92. The van der Waals surface area contributed by atoms with E-state index in [-0.39, 0.29) is 5.91 Å². The van der Waals surface area contributed by atoms with Gasteiger partial charge in [0.15, 0.2) is 0 Å². The Morgan fingerprint density at radius 1 is 1.31 bits per heavy atom. The third-order valence-corrected chi connectivity index (χ3v) is 2.73. The summed E-state index contributed by atoms with van der Waals surface area (Å²) in [4.78, 5) is 10.8. The van der Waals surface area contributed by atoms with Crippen LogP contribution in [0.4, 0.5) is 0 Å². The van der Waals surface area contributed by atoms with Gasteiger partial charge < -0.3 is 5.32 Å². The predicted molar refractivity (Wildman–Crippen MR) is 63.7 cm³/mol. The molecular formula is C9H19NOS2. The fourth-order valence-corrected chi connectivity index (χ4v) is 1.61. The molecule has 0 aliphatic rings. The molecule has 0 atom stereocenters. The van der Waals surface area contributed by atoms with E-state index >= 15 is 0 Å². The van der Waals surface area contributed by atoms with Gasteiger partial charge in [0, 0.05) is 6.54 Å². The molecule has 0 aromatic carbocycles. The summed E-state index contributed by atoms with van der Waals surface area (Å²) in [5, 5.41) is 2.80. The number of hydrogen-bond donors (Lipinski definition) is 2. The molecule has 0 fully saturated rings. The van der Waals surface area contributed by atoms with Crippen LogP contribution in [0.2, 0.25) is 0 Å². The van der Waals surface area contributed by atoms with Crippen molar-refractivity contribution in [3.63, 3.8) is 0 Å². The van der Waals surface area contributed by atoms with Crippen LogP contribution in [0.15, 0.2) is 0 Å². The van der Waals surface area contributed by atoms with Crippen LogP contribution in [0.3, 0.4) is 0 Å². The van der Waals surface area contributed by atoms with Crippen LogP contribution in [0.5, 0.6) is 0 Å². The van der Waals surface area contributed by atoms with Gasteiger partial charge >= 0.3 is 0 Å². The zero-order chi connectivity index (χ0) is 9.94. The number of carbonyl (C=O) groups is 1. The molecular weight excluding hydrogens is 202 g/mol. The molecule has 1 amide bonds. The summed E-state index contributed by atoms with van der Waals surface area (Å²) in [5.41, 5.74) is 0. The average molecular weight is 221 g/mol. The van der Waals surface area contributed by atoms with Gasteiger partial charge in [0.05, 0.1) is 5.75 Å². The molecule has 4 heteroatoms. The second kappa shape index (κ2) is 10.3. The highest BCUT2D eigenvalue weighted by Crippen LogP contribution is 2.03. The van der Waals surface area contributed by atoms with Gasteiger partial charge in [-0.05, 0) is 24.9 Å². The quantitative estimate of drug-likeness (QED) is 0.484. The molecule has 0 heterocycles. The lowest BCUT2D eigenvalue weighted by molar-refractivity contribution is -0.118. The van der Waals surface area contributed by atoms with Crippen molar-refractivity contribution in [2.24, 2.45) is 0 Å². The number of unbranched alkanes of at least 4 members (excludes halogenated alkanes) is 3. The number of hydrogen-bond acceptors (Lipinski definition) is 3. The maximum Gasteiger partial charge on any atom is 0.229 e. The molecule has 0 aliphatic heterocycles. The summed E-state index contributed by atoms with van der Waals surface area (Å²) in [7, 11) is 0. The van der Waals surface area contributed by atoms with Crippen molar-refractivity contribution in [3.05, 3.63) is 0 Å². The van der Waals surface area contributed by atoms with Crippen molar-refractivity contribution in [1.82, 2.24) is 5.32 Å². The molecule has 0 aromatic rings. The monoisotopic (exact) mass is 221 g/mol. The minimum absolute atomic E-state index is 0.0347. The SMILES string of the molecule is CSCCCCCCNC(=O)CS. The number of nitrogens with one attached hydrogen (secondary N) is 1. The highest BCUT2D eigenvalue weighted by Gasteiger charge is 1.95. The Balaban J connectivity index is 2.95. The normalized spacial score (nSPS) is 10.0. The summed E-state index contributed by atoms with van der Waals surface area (Å²) in [6.07, 6.45) is 7.01. The van der Waals surface area contributed by atoms with Crippen LogP contribution in [-0.2, 0) is 4.79 Å². The standard InChI is InChI=1S/C9H19NOS2/c1-13-7-5-3-2-4-6-10-9(11)8-12/h12H,2-8H2,1H3,(H,10,11). The van der Waals surface area contributed by atoms with E-state index in [0.717, 1.165) is 13.0 Å². The molecule has 13 heavy (non-hydrogen) atoms. The second-order valence-corrected chi connectivity index (χ2v) is 4.22. The van der Waals surface area contributed by atoms with Crippen LogP contribution in [0, 0.1) is 0 Å². The largest absolute Gasteiger partial charge is 0.355 e. The molecule has 0 rings (SSSR count). The van der Waals surface area contributed by atoms with Crippen LogP contribution < -0.4 is 5.32 Å². The summed E-state index contributed by atoms with van der Waals surface area (Å²) < 4.78 is 0. The average Bonchev–Trinajstić information content (AvgIpc) is 2.16. The number of rotatable bonds is 8. The van der Waals surface area contributed by atoms with Crippen molar-refractivity contribution in [2.45, 2.75) is 25.7 Å². The van der Waals surface area contributed by atoms with E-state index in [1.807, 2.05) is 11.8 Å². The van der Waals surface area contributed by atoms with E-state index in [0.29, 0.717) is 5.75 Å². The summed E-state index contributed by atoms with van der Waals surface area (Å²) in [6, 6.07) is 0. The Morgan fingerprint density at radius 3 is 2.62 bits per heavy atom. The van der Waals surface area contributed by atoms with Gasteiger partial charge in [-0.15, -0.1) is 0 Å². The summed E-state index contributed by atoms with van der Waals surface area (Å²) in [5.74, 6) is 1.59. The molecule has 0 bridgehead atoms. The molecule has 0 aromatic heterocycles. The van der Waals surface area contributed by atoms with Crippen molar-refractivity contribution in [1.29, 1.82) is 0 Å². The van der Waals surface area contributed by atoms with Gasteiger partial charge in [-0.1, -0.05) is 12.8 Å². The third kappa shape index (κ3) is 10.1. The van der Waals surface area contributed by atoms with Gasteiger partial charge in [0.2, 0.25) is 5.91 Å². The molecule has 1 N–H and O–H groups in total. The van der Waals surface area contributed by atoms with Crippen molar-refractivity contribution < 1.29 is 4.79 Å². The van der Waals surface area contributed by atoms with E-state index in [4.69, 9.17) is 0 Å². The highest BCUT2D eigenvalue weighted by molar-refractivity contribution is 7.98. The van der Waals surface area contributed by atoms with Crippen LogP contribution in [0.1, 0.15) is 25.7 Å². The van der Waals surface area contributed by atoms with Gasteiger partial charge in [0.25, 0.3) is 0 Å². The van der Waals surface area contributed by atoms with Gasteiger partial charge in [-0.3, -0.25) is 4.79 Å². The van der Waals surface area contributed by atoms with Crippen molar-refractivity contribution >= 4 is 30.3 Å². The van der Waals surface area contributed by atoms with E-state index < -0.39 is 0 Å². The zero-order valence-corrected chi connectivity index (χ0v) is 9.92. The van der Waals surface area contributed by atoms with Gasteiger partial charge in [0.1, 0.15) is 0 Å². The molecule has 0 aliphatic carbocycles. The lowest BCUT2D eigenvalue weighted by Crippen LogP contribution is -2.25. The van der Waals surface area contributed by atoms with Gasteiger partial charge in [-0.25, -0.2) is 0 Å². The zero-order valence-electron chi connectivity index (χ0n) is 8.21. The Bertz CT molecular complexity index is 131. The predicted octanol–water partition coefficient (Wildman–Crippen LogP) is 1.96. The minimum atomic E-state index is 0.0347. The first kappa shape index (κ1) is 13.2. The lowest BCUT2D eigenvalue weighted by Gasteiger charge is -2.02. The number of thioether (sulfide) groups is 1. The summed E-state index contributed by atoms with van der Waals surface area (Å²) in [6.45, 7) is 0.804. The first-order valence-corrected chi connectivity index (χ1v) is 6.70. The lowest BCUT2D eigenvalue weighted by atomic mass is 10.2. The Labute approximate surface area is 90.6 Å². The number of amides is 1. The number of thiol groups is 1. The van der Waals surface area contributed by atoms with Crippen molar-refractivity contribution in [2.75, 3.05) is 24.3 Å². The van der Waals surface area contributed by atoms with E-state index in [1.54, 1.807) is 0 Å². The molecule has 78 valence electrons. The van der Waals surface area contributed by atoms with Crippen LogP contribution in [0.25, 0.3) is 0 Å². The third-order valence-electron chi connectivity index (χ3n) is 1.74. The Kier molecular flexibility index (Phi) is 10.4. The van der Waals surface area contributed by atoms with E-state index in [1.165, 1.54) is 25.0 Å². The fraction of sp³-hybridized carbons (Fsp3) is 0.889. The first-order valence-electron chi connectivity index (χ1n) is 4.67. The molecule has 0 spiro atoms. The first-order chi connectivity index (χ1) is 6.31. The smallest absolute Gasteiger partial charge is 0.229 e. The van der Waals surface area contributed by atoms with E-state index in [9.17, 15) is 4.79 Å². The van der Waals surface area contributed by atoms with E-state index in [2.05, 4.69) is 24.2 Å². The van der Waals surface area contributed by atoms with Gasteiger partial charge in [-0.2, -0.15) is 24.4 Å². The fourth-order valence-electron chi connectivity index (χ4n) is 1.01. The maximum atomic E-state index is 10.8. The molecule has 0 radical (unpaired) electrons. The van der Waals surface area contributed by atoms with Crippen LogP contribution >= 0.6 is 24.4 Å². The Morgan fingerprint density at radius 2 is 2.00 bits per heavy atom. The van der Waals surface area contributed by atoms with Crippen molar-refractivity contribution in [3.8, 4) is 0 Å². The Hall–Kier alpha value is 0.170. The van der Waals surface area contributed by atoms with Crippen LogP contribution in [-0.4, -0.2) is 30.2 Å². The topological polar surface area (TPSA) is 29.1 Å². The molecule has 2 nitrogen and oxygen atoms in total. The minimum Gasteiger partial charge on any atom is -0.355 e. The molecule has 0 saturated carbocycles. The number of carbonyl (C=O) groups excluding carboxylic acids is 1. The molecule has 0 unspecified atom stereocenters. The summed E-state index contributed by atoms with van der Waals surface area (Å²) >= 11 is 5.77. The maximum absolute atomic E-state index is 10.8. The molecule has 0 saturated heterocycles. The highest BCUT2D eigenvalue weighted by atomic mass is 32.2.